The van der Waals surface area contributed by atoms with E-state index in [0.29, 0.717) is 16.8 Å². The van der Waals surface area contributed by atoms with E-state index in [2.05, 4.69) is 5.32 Å². The summed E-state index contributed by atoms with van der Waals surface area (Å²) in [4.78, 5) is 12.3. The van der Waals surface area contributed by atoms with Crippen LogP contribution in [0.4, 0.5) is 10.1 Å². The van der Waals surface area contributed by atoms with Gasteiger partial charge >= 0.3 is 0 Å². The van der Waals surface area contributed by atoms with Crippen molar-refractivity contribution < 1.29 is 9.18 Å². The molecule has 0 fully saturated rings. The van der Waals surface area contributed by atoms with Gasteiger partial charge in [-0.2, -0.15) is 0 Å². The normalized spacial score (nSPS) is 12.0. The van der Waals surface area contributed by atoms with E-state index < -0.39 is 0 Å². The maximum atomic E-state index is 13.6. The Hall–Kier alpha value is -2.07. The van der Waals surface area contributed by atoms with E-state index in [0.717, 1.165) is 0 Å². The Balaban J connectivity index is 2.21. The molecule has 0 saturated carbocycles. The number of hydrogen-bond acceptors (Lipinski definition) is 2. The quantitative estimate of drug-likeness (QED) is 0.846. The third-order valence-corrected chi connectivity index (χ3v) is 3.63. The van der Waals surface area contributed by atoms with Crippen LogP contribution in [0.2, 0.25) is 5.02 Å². The summed E-state index contributed by atoms with van der Waals surface area (Å²) in [5.74, 6) is -0.683. The fourth-order valence-corrected chi connectivity index (χ4v) is 2.28. The first-order chi connectivity index (χ1) is 9.90. The van der Waals surface area contributed by atoms with E-state index in [1.54, 1.807) is 44.2 Å². The number of carbonyl (C=O) groups is 1. The molecule has 2 aromatic rings. The average molecular weight is 307 g/mol. The van der Waals surface area contributed by atoms with E-state index in [4.69, 9.17) is 17.3 Å². The highest BCUT2D eigenvalue weighted by molar-refractivity contribution is 6.34. The molecule has 1 unspecified atom stereocenters. The molecular weight excluding hydrogens is 291 g/mol. The van der Waals surface area contributed by atoms with E-state index in [-0.39, 0.29) is 28.4 Å². The average Bonchev–Trinajstić information content (AvgIpc) is 2.41. The highest BCUT2D eigenvalue weighted by atomic mass is 35.5. The van der Waals surface area contributed by atoms with Gasteiger partial charge in [-0.3, -0.25) is 4.79 Å². The second-order valence-corrected chi connectivity index (χ2v) is 5.32. The topological polar surface area (TPSA) is 55.1 Å². The van der Waals surface area contributed by atoms with Crippen LogP contribution < -0.4 is 11.1 Å². The second kappa shape index (κ2) is 6.14. The molecule has 0 aliphatic rings. The van der Waals surface area contributed by atoms with Crippen molar-refractivity contribution in [3.8, 4) is 0 Å². The molecule has 0 spiro atoms. The van der Waals surface area contributed by atoms with Crippen LogP contribution in [-0.2, 0) is 0 Å². The van der Waals surface area contributed by atoms with Gasteiger partial charge in [0, 0.05) is 5.69 Å². The molecule has 0 radical (unpaired) electrons. The number of aryl methyl sites for hydroxylation is 1. The van der Waals surface area contributed by atoms with Gasteiger partial charge in [-0.1, -0.05) is 29.8 Å². The van der Waals surface area contributed by atoms with E-state index in [1.807, 2.05) is 0 Å². The lowest BCUT2D eigenvalue weighted by atomic mass is 10.1. The maximum Gasteiger partial charge on any atom is 0.255 e. The van der Waals surface area contributed by atoms with Crippen molar-refractivity contribution in [3.05, 3.63) is 63.9 Å². The molecule has 2 rings (SSSR count). The van der Waals surface area contributed by atoms with Gasteiger partial charge in [0.15, 0.2) is 0 Å². The van der Waals surface area contributed by atoms with Crippen molar-refractivity contribution in [2.75, 3.05) is 5.73 Å². The van der Waals surface area contributed by atoms with E-state index in [1.165, 1.54) is 6.07 Å². The van der Waals surface area contributed by atoms with Crippen molar-refractivity contribution in [1.29, 1.82) is 0 Å². The molecule has 0 bridgehead atoms. The molecule has 0 aromatic heterocycles. The van der Waals surface area contributed by atoms with Gasteiger partial charge in [0.25, 0.3) is 5.91 Å². The third kappa shape index (κ3) is 3.34. The first kappa shape index (κ1) is 15.3. The second-order valence-electron chi connectivity index (χ2n) is 4.91. The summed E-state index contributed by atoms with van der Waals surface area (Å²) in [6, 6.07) is 9.39. The zero-order valence-electron chi connectivity index (χ0n) is 11.8. The van der Waals surface area contributed by atoms with Gasteiger partial charge < -0.3 is 11.1 Å². The van der Waals surface area contributed by atoms with Gasteiger partial charge in [-0.25, -0.2) is 4.39 Å². The molecule has 5 heteroatoms. The number of rotatable bonds is 3. The summed E-state index contributed by atoms with van der Waals surface area (Å²) < 4.78 is 13.6. The molecule has 0 aliphatic heterocycles. The molecule has 110 valence electrons. The largest absolute Gasteiger partial charge is 0.398 e. The lowest BCUT2D eigenvalue weighted by Crippen LogP contribution is -2.27. The minimum atomic E-state index is -0.383. The van der Waals surface area contributed by atoms with Crippen molar-refractivity contribution in [3.63, 3.8) is 0 Å². The minimum absolute atomic E-state index is 0.235. The van der Waals surface area contributed by atoms with Gasteiger partial charge in [-0.05, 0) is 43.2 Å². The Labute approximate surface area is 127 Å². The summed E-state index contributed by atoms with van der Waals surface area (Å²) in [5, 5.41) is 3.06. The van der Waals surface area contributed by atoms with Crippen LogP contribution in [-0.4, -0.2) is 5.91 Å². The van der Waals surface area contributed by atoms with Crippen LogP contribution in [0, 0.1) is 12.7 Å². The Morgan fingerprint density at radius 3 is 2.67 bits per heavy atom. The number of nitrogens with two attached hydrogens (primary N) is 1. The monoisotopic (exact) mass is 306 g/mol. The zero-order valence-corrected chi connectivity index (χ0v) is 12.5. The van der Waals surface area contributed by atoms with Crippen molar-refractivity contribution >= 4 is 23.2 Å². The molecule has 0 aliphatic carbocycles. The predicted octanol–water partition coefficient (Wildman–Crippen LogP) is 3.86. The number of anilines is 1. The van der Waals surface area contributed by atoms with Gasteiger partial charge in [0.2, 0.25) is 0 Å². The van der Waals surface area contributed by atoms with Crippen LogP contribution in [0.25, 0.3) is 0 Å². The molecule has 2 aromatic carbocycles. The van der Waals surface area contributed by atoms with Gasteiger partial charge in [0.1, 0.15) is 5.82 Å². The standard InChI is InChI=1S/C16H16ClFN2O/c1-9-6-7-11(8-13(9)18)10(2)20-16(21)15-12(17)4-3-5-14(15)19/h3-8,10H,19H2,1-2H3,(H,20,21). The highest BCUT2D eigenvalue weighted by Gasteiger charge is 2.17. The number of halogens is 2. The summed E-state index contributed by atoms with van der Waals surface area (Å²) in [5.41, 5.74) is 7.56. The third-order valence-electron chi connectivity index (χ3n) is 3.32. The Kier molecular flexibility index (Phi) is 4.48. The summed E-state index contributed by atoms with van der Waals surface area (Å²) in [7, 11) is 0. The van der Waals surface area contributed by atoms with Crippen molar-refractivity contribution in [2.24, 2.45) is 0 Å². The first-order valence-corrected chi connectivity index (χ1v) is 6.89. The van der Waals surface area contributed by atoms with Crippen LogP contribution in [0.3, 0.4) is 0 Å². The SMILES string of the molecule is Cc1ccc(C(C)NC(=O)c2c(N)cccc2Cl)cc1F. The lowest BCUT2D eigenvalue weighted by Gasteiger charge is -2.16. The van der Waals surface area contributed by atoms with E-state index in [9.17, 15) is 9.18 Å². The molecule has 3 nitrogen and oxygen atoms in total. The molecule has 3 N–H and O–H groups in total. The summed E-state index contributed by atoms with van der Waals surface area (Å²) in [6.45, 7) is 3.46. The van der Waals surface area contributed by atoms with Crippen molar-refractivity contribution in [2.45, 2.75) is 19.9 Å². The van der Waals surface area contributed by atoms with Crippen LogP contribution >= 0.6 is 11.6 Å². The Morgan fingerprint density at radius 1 is 1.33 bits per heavy atom. The highest BCUT2D eigenvalue weighted by Crippen LogP contribution is 2.23. The Bertz CT molecular complexity index is 668. The van der Waals surface area contributed by atoms with E-state index >= 15 is 0 Å². The fourth-order valence-electron chi connectivity index (χ4n) is 2.01. The van der Waals surface area contributed by atoms with Gasteiger partial charge in [-0.15, -0.1) is 0 Å². The predicted molar refractivity (Wildman–Crippen MR) is 82.9 cm³/mol. The lowest BCUT2D eigenvalue weighted by molar-refractivity contribution is 0.0941. The maximum absolute atomic E-state index is 13.6. The smallest absolute Gasteiger partial charge is 0.255 e. The van der Waals surface area contributed by atoms with Crippen LogP contribution in [0.5, 0.6) is 0 Å². The number of benzene rings is 2. The zero-order chi connectivity index (χ0) is 15.6. The molecule has 0 saturated heterocycles. The fraction of sp³-hybridized carbons (Fsp3) is 0.188. The number of amides is 1. The first-order valence-electron chi connectivity index (χ1n) is 6.51. The molecule has 21 heavy (non-hydrogen) atoms. The van der Waals surface area contributed by atoms with Crippen LogP contribution in [0.1, 0.15) is 34.5 Å². The number of hydrogen-bond donors (Lipinski definition) is 2. The number of nitrogen functional groups attached to an aromatic ring is 1. The minimum Gasteiger partial charge on any atom is -0.398 e. The molecule has 1 amide bonds. The molecule has 0 heterocycles. The summed E-state index contributed by atoms with van der Waals surface area (Å²) in [6.07, 6.45) is 0. The number of nitrogens with one attached hydrogen (secondary N) is 1. The summed E-state index contributed by atoms with van der Waals surface area (Å²) >= 11 is 6.00. The number of carbonyl (C=O) groups excluding carboxylic acids is 1. The molecular formula is C16H16ClFN2O. The van der Waals surface area contributed by atoms with Crippen molar-refractivity contribution in [1.82, 2.24) is 5.32 Å². The van der Waals surface area contributed by atoms with Crippen LogP contribution in [0.15, 0.2) is 36.4 Å². The molecule has 1 atom stereocenters. The Morgan fingerprint density at radius 2 is 2.05 bits per heavy atom. The van der Waals surface area contributed by atoms with Gasteiger partial charge in [0.05, 0.1) is 16.6 Å².